The summed E-state index contributed by atoms with van der Waals surface area (Å²) in [6, 6.07) is 6.59. The van der Waals surface area contributed by atoms with Gasteiger partial charge in [0.25, 0.3) is 17.7 Å². The fourth-order valence-corrected chi connectivity index (χ4v) is 2.18. The highest BCUT2D eigenvalue weighted by molar-refractivity contribution is 6.32. The molecule has 23 heavy (non-hydrogen) atoms. The number of imide groups is 1. The maximum Gasteiger partial charge on any atom is 0.417 e. The molecule has 0 spiro atoms. The van der Waals surface area contributed by atoms with Crippen LogP contribution in [0.3, 0.4) is 0 Å². The molecule has 118 valence electrons. The lowest BCUT2D eigenvalue weighted by molar-refractivity contribution is -0.137. The molecule has 0 bridgehead atoms. The van der Waals surface area contributed by atoms with Gasteiger partial charge in [0.1, 0.15) is 5.02 Å². The Balaban J connectivity index is 1.89. The quantitative estimate of drug-likeness (QED) is 0.785. The largest absolute Gasteiger partial charge is 0.417 e. The van der Waals surface area contributed by atoms with Gasteiger partial charge in [0.05, 0.1) is 16.7 Å². The lowest BCUT2D eigenvalue weighted by Crippen LogP contribution is -2.33. The molecule has 0 unspecified atom stereocenters. The van der Waals surface area contributed by atoms with Gasteiger partial charge in [-0.25, -0.2) is 4.98 Å². The molecule has 0 atom stereocenters. The minimum Gasteiger partial charge on any atom is -0.346 e. The van der Waals surface area contributed by atoms with Crippen LogP contribution >= 0.6 is 11.6 Å². The average Bonchev–Trinajstić information content (AvgIpc) is 2.73. The predicted octanol–water partition coefficient (Wildman–Crippen LogP) is 3.34. The molecule has 2 aromatic rings. The minimum atomic E-state index is -4.62. The van der Waals surface area contributed by atoms with Crippen molar-refractivity contribution < 1.29 is 27.6 Å². The molecule has 2 heterocycles. The maximum atomic E-state index is 12.5. The number of aromatic nitrogens is 1. The molecule has 1 aliphatic rings. The Kier molecular flexibility index (Phi) is 3.48. The fourth-order valence-electron chi connectivity index (χ4n) is 1.98. The van der Waals surface area contributed by atoms with Crippen molar-refractivity contribution in [3.05, 3.63) is 58.2 Å². The van der Waals surface area contributed by atoms with E-state index in [9.17, 15) is 22.8 Å². The summed E-state index contributed by atoms with van der Waals surface area (Å²) in [5, 5.41) is -0.0667. The van der Waals surface area contributed by atoms with Gasteiger partial charge >= 0.3 is 6.18 Å². The summed E-state index contributed by atoms with van der Waals surface area (Å²) in [5.41, 5.74) is -0.821. The van der Waals surface area contributed by atoms with Gasteiger partial charge in [-0.15, -0.1) is 0 Å². The lowest BCUT2D eigenvalue weighted by Gasteiger charge is -2.15. The summed E-state index contributed by atoms with van der Waals surface area (Å²) < 4.78 is 37.6. The number of hydrogen-bond acceptors (Lipinski definition) is 4. The summed E-state index contributed by atoms with van der Waals surface area (Å²) in [6.07, 6.45) is -4.12. The van der Waals surface area contributed by atoms with Gasteiger partial charge in [0.2, 0.25) is 0 Å². The van der Waals surface area contributed by atoms with E-state index in [0.29, 0.717) is 17.3 Å². The van der Waals surface area contributed by atoms with E-state index < -0.39 is 34.5 Å². The van der Waals surface area contributed by atoms with E-state index in [4.69, 9.17) is 16.4 Å². The highest BCUT2D eigenvalue weighted by Gasteiger charge is 2.38. The Labute approximate surface area is 132 Å². The fraction of sp³-hybridized carbons (Fsp3) is 0.0714. The molecule has 3 rings (SSSR count). The molecule has 0 saturated carbocycles. The molecule has 9 heteroatoms. The van der Waals surface area contributed by atoms with Gasteiger partial charge in [0, 0.05) is 6.20 Å². The standard InChI is InChI=1S/C14H6ClF3N2O3/c15-10-5-7(14(16,17)18)6-19-11(10)23-20-12(21)8-3-1-2-4-9(8)13(20)22/h1-6H. The monoisotopic (exact) mass is 342 g/mol. The first-order valence-electron chi connectivity index (χ1n) is 6.17. The first-order chi connectivity index (χ1) is 10.8. The molecule has 1 aromatic heterocycles. The number of alkyl halides is 3. The van der Waals surface area contributed by atoms with E-state index in [1.165, 1.54) is 12.1 Å². The third kappa shape index (κ3) is 2.61. The Morgan fingerprint density at radius 3 is 2.13 bits per heavy atom. The number of rotatable bonds is 2. The van der Waals surface area contributed by atoms with Crippen LogP contribution < -0.4 is 4.84 Å². The SMILES string of the molecule is O=C1c2ccccc2C(=O)N1Oc1ncc(C(F)(F)F)cc1Cl. The number of hydrogen-bond donors (Lipinski definition) is 0. The van der Waals surface area contributed by atoms with Crippen molar-refractivity contribution >= 4 is 23.4 Å². The van der Waals surface area contributed by atoms with Crippen molar-refractivity contribution in [2.45, 2.75) is 6.18 Å². The van der Waals surface area contributed by atoms with Gasteiger partial charge in [-0.05, 0) is 18.2 Å². The van der Waals surface area contributed by atoms with Crippen LogP contribution in [0.25, 0.3) is 0 Å². The van der Waals surface area contributed by atoms with E-state index in [-0.39, 0.29) is 11.1 Å². The second kappa shape index (κ2) is 5.24. The minimum absolute atomic E-state index is 0.125. The smallest absolute Gasteiger partial charge is 0.346 e. The Morgan fingerprint density at radius 2 is 1.65 bits per heavy atom. The number of carbonyl (C=O) groups excluding carboxylic acids is 2. The Hall–Kier alpha value is -2.61. The van der Waals surface area contributed by atoms with Gasteiger partial charge in [0.15, 0.2) is 0 Å². The highest BCUT2D eigenvalue weighted by Crippen LogP contribution is 2.34. The topological polar surface area (TPSA) is 59.5 Å². The van der Waals surface area contributed by atoms with E-state index >= 15 is 0 Å². The van der Waals surface area contributed by atoms with E-state index in [1.807, 2.05) is 0 Å². The number of hydroxylamine groups is 2. The molecular weight excluding hydrogens is 337 g/mol. The third-order valence-electron chi connectivity index (χ3n) is 3.07. The summed E-state index contributed by atoms with van der Waals surface area (Å²) in [4.78, 5) is 32.6. The molecule has 2 amide bonds. The first kappa shape index (κ1) is 15.3. The Morgan fingerprint density at radius 1 is 1.09 bits per heavy atom. The molecule has 1 aromatic carbocycles. The van der Waals surface area contributed by atoms with E-state index in [2.05, 4.69) is 4.98 Å². The third-order valence-corrected chi connectivity index (χ3v) is 3.34. The van der Waals surface area contributed by atoms with Crippen molar-refractivity contribution in [1.29, 1.82) is 0 Å². The molecule has 5 nitrogen and oxygen atoms in total. The molecule has 1 aliphatic heterocycles. The van der Waals surface area contributed by atoms with Crippen LogP contribution in [-0.2, 0) is 6.18 Å². The van der Waals surface area contributed by atoms with Crippen molar-refractivity contribution in [3.8, 4) is 5.88 Å². The zero-order valence-electron chi connectivity index (χ0n) is 11.1. The second-order valence-electron chi connectivity index (χ2n) is 4.55. The molecular formula is C14H6ClF3N2O3. The van der Waals surface area contributed by atoms with E-state index in [0.717, 1.165) is 0 Å². The van der Waals surface area contributed by atoms with Crippen molar-refractivity contribution in [3.63, 3.8) is 0 Å². The molecule has 0 aliphatic carbocycles. The molecule has 0 radical (unpaired) electrons. The Bertz CT molecular complexity index is 788. The van der Waals surface area contributed by atoms with Crippen LogP contribution in [-0.4, -0.2) is 21.9 Å². The highest BCUT2D eigenvalue weighted by atomic mass is 35.5. The first-order valence-corrected chi connectivity index (χ1v) is 6.55. The van der Waals surface area contributed by atoms with Crippen LogP contribution in [0.15, 0.2) is 36.5 Å². The second-order valence-corrected chi connectivity index (χ2v) is 4.96. The number of halogens is 4. The van der Waals surface area contributed by atoms with Crippen LogP contribution in [0.4, 0.5) is 13.2 Å². The van der Waals surface area contributed by atoms with E-state index in [1.54, 1.807) is 12.1 Å². The number of fused-ring (bicyclic) bond motifs is 1. The summed E-state index contributed by atoms with van der Waals surface area (Å²) >= 11 is 5.68. The zero-order valence-corrected chi connectivity index (χ0v) is 11.9. The number of amides is 2. The number of nitrogens with zero attached hydrogens (tertiary/aromatic N) is 2. The van der Waals surface area contributed by atoms with Crippen LogP contribution in [0.1, 0.15) is 26.3 Å². The van der Waals surface area contributed by atoms with Crippen molar-refractivity contribution in [2.24, 2.45) is 0 Å². The maximum absolute atomic E-state index is 12.5. The average molecular weight is 343 g/mol. The van der Waals surface area contributed by atoms with Gasteiger partial charge in [-0.1, -0.05) is 28.8 Å². The predicted molar refractivity (Wildman–Crippen MR) is 71.8 cm³/mol. The zero-order chi connectivity index (χ0) is 16.8. The van der Waals surface area contributed by atoms with Crippen LogP contribution in [0, 0.1) is 0 Å². The normalized spacial score (nSPS) is 14.2. The van der Waals surface area contributed by atoms with Gasteiger partial charge in [-0.2, -0.15) is 13.2 Å². The van der Waals surface area contributed by atoms with Gasteiger partial charge in [-0.3, -0.25) is 9.59 Å². The molecule has 0 fully saturated rings. The summed E-state index contributed by atoms with van der Waals surface area (Å²) in [5.74, 6) is -1.97. The lowest BCUT2D eigenvalue weighted by atomic mass is 10.1. The van der Waals surface area contributed by atoms with Crippen LogP contribution in [0.5, 0.6) is 5.88 Å². The molecule has 0 saturated heterocycles. The molecule has 0 N–H and O–H groups in total. The van der Waals surface area contributed by atoms with Crippen molar-refractivity contribution in [2.75, 3.05) is 0 Å². The summed E-state index contributed by atoms with van der Waals surface area (Å²) in [7, 11) is 0. The van der Waals surface area contributed by atoms with Crippen LogP contribution in [0.2, 0.25) is 5.02 Å². The van der Waals surface area contributed by atoms with Crippen molar-refractivity contribution in [1.82, 2.24) is 10.0 Å². The number of benzene rings is 1. The summed E-state index contributed by atoms with van der Waals surface area (Å²) in [6.45, 7) is 0. The number of pyridine rings is 1. The van der Waals surface area contributed by atoms with Gasteiger partial charge < -0.3 is 4.84 Å². The number of carbonyl (C=O) groups is 2.